The summed E-state index contributed by atoms with van der Waals surface area (Å²) in [4.78, 5) is 15.9. The SMILES string of the molecule is CCC(=O)N1CCN(CCC(C)C)CC1. The molecule has 1 rings (SSSR count). The summed E-state index contributed by atoms with van der Waals surface area (Å²) in [5, 5.41) is 0. The summed E-state index contributed by atoms with van der Waals surface area (Å²) in [6, 6.07) is 0. The molecule has 0 atom stereocenters. The molecule has 1 aliphatic heterocycles. The van der Waals surface area contributed by atoms with Crippen molar-refractivity contribution >= 4 is 5.91 Å². The monoisotopic (exact) mass is 212 g/mol. The minimum atomic E-state index is 0.304. The van der Waals surface area contributed by atoms with Gasteiger partial charge in [0, 0.05) is 32.6 Å². The number of nitrogens with zero attached hydrogens (tertiary/aromatic N) is 2. The summed E-state index contributed by atoms with van der Waals surface area (Å²) in [5.74, 6) is 1.08. The van der Waals surface area contributed by atoms with Crippen LogP contribution in [0.15, 0.2) is 0 Å². The van der Waals surface area contributed by atoms with Gasteiger partial charge in [0.25, 0.3) is 0 Å². The van der Waals surface area contributed by atoms with Crippen LogP contribution in [0.3, 0.4) is 0 Å². The Morgan fingerprint density at radius 2 is 1.80 bits per heavy atom. The molecule has 3 heteroatoms. The fraction of sp³-hybridized carbons (Fsp3) is 0.917. The lowest BCUT2D eigenvalue weighted by molar-refractivity contribution is -0.132. The van der Waals surface area contributed by atoms with Gasteiger partial charge in [-0.15, -0.1) is 0 Å². The van der Waals surface area contributed by atoms with Gasteiger partial charge in [0.05, 0.1) is 0 Å². The minimum absolute atomic E-state index is 0.304. The van der Waals surface area contributed by atoms with Crippen molar-refractivity contribution in [3.8, 4) is 0 Å². The zero-order valence-electron chi connectivity index (χ0n) is 10.3. The van der Waals surface area contributed by atoms with E-state index in [-0.39, 0.29) is 0 Å². The average molecular weight is 212 g/mol. The van der Waals surface area contributed by atoms with E-state index in [2.05, 4.69) is 18.7 Å². The summed E-state index contributed by atoms with van der Waals surface area (Å²) >= 11 is 0. The molecule has 1 amide bonds. The maximum absolute atomic E-state index is 11.4. The van der Waals surface area contributed by atoms with Crippen molar-refractivity contribution in [1.82, 2.24) is 9.80 Å². The van der Waals surface area contributed by atoms with Crippen LogP contribution in [-0.4, -0.2) is 48.4 Å². The molecule has 0 unspecified atom stereocenters. The van der Waals surface area contributed by atoms with Gasteiger partial charge in [-0.3, -0.25) is 9.69 Å². The summed E-state index contributed by atoms with van der Waals surface area (Å²) in [6.45, 7) is 11.6. The van der Waals surface area contributed by atoms with Gasteiger partial charge in [-0.2, -0.15) is 0 Å². The predicted molar refractivity (Wildman–Crippen MR) is 62.8 cm³/mol. The highest BCUT2D eigenvalue weighted by atomic mass is 16.2. The standard InChI is InChI=1S/C12H24N2O/c1-4-12(15)14-9-7-13(8-10-14)6-5-11(2)3/h11H,4-10H2,1-3H3. The van der Waals surface area contributed by atoms with Crippen LogP contribution < -0.4 is 0 Å². The van der Waals surface area contributed by atoms with Gasteiger partial charge in [-0.25, -0.2) is 0 Å². The smallest absolute Gasteiger partial charge is 0.222 e. The van der Waals surface area contributed by atoms with Crippen LogP contribution in [0.1, 0.15) is 33.6 Å². The van der Waals surface area contributed by atoms with Crippen LogP contribution in [0.25, 0.3) is 0 Å². The zero-order valence-corrected chi connectivity index (χ0v) is 10.3. The Morgan fingerprint density at radius 3 is 2.27 bits per heavy atom. The van der Waals surface area contributed by atoms with E-state index in [4.69, 9.17) is 0 Å². The van der Waals surface area contributed by atoms with Crippen molar-refractivity contribution in [1.29, 1.82) is 0 Å². The molecule has 1 fully saturated rings. The lowest BCUT2D eigenvalue weighted by Crippen LogP contribution is -2.48. The molecule has 0 saturated carbocycles. The van der Waals surface area contributed by atoms with E-state index in [1.165, 1.54) is 13.0 Å². The third-order valence-electron chi connectivity index (χ3n) is 3.05. The fourth-order valence-corrected chi connectivity index (χ4v) is 1.89. The van der Waals surface area contributed by atoms with E-state index in [1.54, 1.807) is 0 Å². The number of piperazine rings is 1. The third kappa shape index (κ3) is 4.20. The van der Waals surface area contributed by atoms with Crippen LogP contribution in [-0.2, 0) is 4.79 Å². The molecule has 1 aliphatic rings. The molecule has 0 radical (unpaired) electrons. The second-order valence-electron chi connectivity index (χ2n) is 4.76. The number of carbonyl (C=O) groups is 1. The van der Waals surface area contributed by atoms with E-state index in [0.29, 0.717) is 12.3 Å². The molecule has 0 aliphatic carbocycles. The van der Waals surface area contributed by atoms with Crippen molar-refractivity contribution in [2.45, 2.75) is 33.6 Å². The summed E-state index contributed by atoms with van der Waals surface area (Å²) in [6.07, 6.45) is 1.91. The Morgan fingerprint density at radius 1 is 1.20 bits per heavy atom. The Hall–Kier alpha value is -0.570. The van der Waals surface area contributed by atoms with Crippen molar-refractivity contribution in [3.05, 3.63) is 0 Å². The third-order valence-corrected chi connectivity index (χ3v) is 3.05. The Bertz CT molecular complexity index is 196. The first-order valence-electron chi connectivity index (χ1n) is 6.13. The molecule has 0 aromatic rings. The van der Waals surface area contributed by atoms with Crippen molar-refractivity contribution in [3.63, 3.8) is 0 Å². The molecule has 1 heterocycles. The van der Waals surface area contributed by atoms with Gasteiger partial charge in [0.15, 0.2) is 0 Å². The molecular weight excluding hydrogens is 188 g/mol. The predicted octanol–water partition coefficient (Wildman–Crippen LogP) is 1.59. The molecule has 1 saturated heterocycles. The normalized spacial score (nSPS) is 18.5. The quantitative estimate of drug-likeness (QED) is 0.706. The topological polar surface area (TPSA) is 23.6 Å². The van der Waals surface area contributed by atoms with Crippen LogP contribution in [0.2, 0.25) is 0 Å². The molecule has 0 spiro atoms. The highest BCUT2D eigenvalue weighted by molar-refractivity contribution is 5.75. The lowest BCUT2D eigenvalue weighted by atomic mass is 10.1. The van der Waals surface area contributed by atoms with Gasteiger partial charge in [-0.05, 0) is 18.9 Å². The molecule has 3 nitrogen and oxygen atoms in total. The van der Waals surface area contributed by atoms with Gasteiger partial charge in [-0.1, -0.05) is 20.8 Å². The summed E-state index contributed by atoms with van der Waals surface area (Å²) in [5.41, 5.74) is 0. The first kappa shape index (κ1) is 12.5. The number of carbonyl (C=O) groups excluding carboxylic acids is 1. The van der Waals surface area contributed by atoms with Crippen LogP contribution in [0.4, 0.5) is 0 Å². The van der Waals surface area contributed by atoms with E-state index >= 15 is 0 Å². The fourth-order valence-electron chi connectivity index (χ4n) is 1.89. The van der Waals surface area contributed by atoms with Gasteiger partial charge >= 0.3 is 0 Å². The zero-order chi connectivity index (χ0) is 11.3. The van der Waals surface area contributed by atoms with Crippen LogP contribution in [0.5, 0.6) is 0 Å². The average Bonchev–Trinajstić information content (AvgIpc) is 2.26. The maximum atomic E-state index is 11.4. The van der Waals surface area contributed by atoms with Crippen LogP contribution >= 0.6 is 0 Å². The first-order chi connectivity index (χ1) is 7.13. The van der Waals surface area contributed by atoms with E-state index < -0.39 is 0 Å². The molecule has 88 valence electrons. The van der Waals surface area contributed by atoms with Gasteiger partial charge in [0.2, 0.25) is 5.91 Å². The molecule has 0 aromatic heterocycles. The second-order valence-corrected chi connectivity index (χ2v) is 4.76. The van der Waals surface area contributed by atoms with Gasteiger partial charge in [0.1, 0.15) is 0 Å². The highest BCUT2D eigenvalue weighted by Gasteiger charge is 2.19. The molecular formula is C12H24N2O. The van der Waals surface area contributed by atoms with Crippen molar-refractivity contribution in [2.24, 2.45) is 5.92 Å². The number of hydrogen-bond donors (Lipinski definition) is 0. The van der Waals surface area contributed by atoms with E-state index in [9.17, 15) is 4.79 Å². The van der Waals surface area contributed by atoms with E-state index in [0.717, 1.165) is 32.1 Å². The number of hydrogen-bond acceptors (Lipinski definition) is 2. The van der Waals surface area contributed by atoms with Crippen LogP contribution in [0, 0.1) is 5.92 Å². The second kappa shape index (κ2) is 6.11. The summed E-state index contributed by atoms with van der Waals surface area (Å²) in [7, 11) is 0. The highest BCUT2D eigenvalue weighted by Crippen LogP contribution is 2.07. The maximum Gasteiger partial charge on any atom is 0.222 e. The largest absolute Gasteiger partial charge is 0.340 e. The van der Waals surface area contributed by atoms with Crippen molar-refractivity contribution < 1.29 is 4.79 Å². The van der Waals surface area contributed by atoms with Gasteiger partial charge < -0.3 is 4.90 Å². The molecule has 0 aromatic carbocycles. The molecule has 0 bridgehead atoms. The van der Waals surface area contributed by atoms with E-state index in [1.807, 2.05) is 11.8 Å². The Balaban J connectivity index is 2.21. The number of rotatable bonds is 4. The summed E-state index contributed by atoms with van der Waals surface area (Å²) < 4.78 is 0. The molecule has 15 heavy (non-hydrogen) atoms. The number of amides is 1. The minimum Gasteiger partial charge on any atom is -0.340 e. The Kier molecular flexibility index (Phi) is 5.09. The first-order valence-corrected chi connectivity index (χ1v) is 6.13. The van der Waals surface area contributed by atoms with Crippen molar-refractivity contribution in [2.75, 3.05) is 32.7 Å². The Labute approximate surface area is 93.4 Å². The molecule has 0 N–H and O–H groups in total. The lowest BCUT2D eigenvalue weighted by Gasteiger charge is -2.34.